The predicted molar refractivity (Wildman–Crippen MR) is 84.0 cm³/mol. The van der Waals surface area contributed by atoms with E-state index in [2.05, 4.69) is 26.2 Å². The molecule has 0 saturated heterocycles. The van der Waals surface area contributed by atoms with Crippen LogP contribution in [0, 0.1) is 6.92 Å². The van der Waals surface area contributed by atoms with E-state index in [1.54, 1.807) is 19.1 Å². The second-order valence-corrected chi connectivity index (χ2v) is 5.87. The Hall–Kier alpha value is -1.39. The van der Waals surface area contributed by atoms with E-state index in [-0.39, 0.29) is 11.9 Å². The van der Waals surface area contributed by atoms with Gasteiger partial charge in [0.05, 0.1) is 6.04 Å². The van der Waals surface area contributed by atoms with Crippen molar-refractivity contribution in [1.82, 2.24) is 10.3 Å². The van der Waals surface area contributed by atoms with Gasteiger partial charge in [-0.3, -0.25) is 4.79 Å². The van der Waals surface area contributed by atoms with Gasteiger partial charge in [0.2, 0.25) is 0 Å². The van der Waals surface area contributed by atoms with Crippen LogP contribution in [0.2, 0.25) is 5.15 Å². The van der Waals surface area contributed by atoms with E-state index < -0.39 is 0 Å². The van der Waals surface area contributed by atoms with Crippen molar-refractivity contribution in [2.45, 2.75) is 19.9 Å². The first kappa shape index (κ1) is 15.0. The Morgan fingerprint density at radius 2 is 1.95 bits per heavy atom. The zero-order valence-corrected chi connectivity index (χ0v) is 13.5. The zero-order chi connectivity index (χ0) is 14.7. The highest BCUT2D eigenvalue weighted by atomic mass is 79.9. The van der Waals surface area contributed by atoms with Crippen molar-refractivity contribution in [3.05, 3.63) is 62.8 Å². The van der Waals surface area contributed by atoms with Gasteiger partial charge in [-0.05, 0) is 43.7 Å². The Kier molecular flexibility index (Phi) is 4.78. The number of amides is 1. The van der Waals surface area contributed by atoms with Crippen LogP contribution in [-0.4, -0.2) is 10.9 Å². The van der Waals surface area contributed by atoms with E-state index in [1.165, 1.54) is 0 Å². The van der Waals surface area contributed by atoms with E-state index in [1.807, 2.05) is 31.2 Å². The molecular weight excluding hydrogens is 340 g/mol. The summed E-state index contributed by atoms with van der Waals surface area (Å²) in [5.74, 6) is -0.159. The topological polar surface area (TPSA) is 42.0 Å². The molecule has 0 fully saturated rings. The fourth-order valence-corrected chi connectivity index (χ4v) is 2.39. The van der Waals surface area contributed by atoms with Gasteiger partial charge in [-0.1, -0.05) is 39.7 Å². The number of nitrogens with one attached hydrogen (secondary N) is 1. The first-order valence-electron chi connectivity index (χ1n) is 6.16. The molecule has 0 saturated carbocycles. The third kappa shape index (κ3) is 3.81. The molecule has 1 N–H and O–H groups in total. The van der Waals surface area contributed by atoms with Gasteiger partial charge in [-0.15, -0.1) is 0 Å². The molecular formula is C15H14BrClN2O. The number of nitrogens with zero attached hydrogens (tertiary/aromatic N) is 1. The van der Waals surface area contributed by atoms with Crippen LogP contribution < -0.4 is 5.32 Å². The Morgan fingerprint density at radius 3 is 2.55 bits per heavy atom. The summed E-state index contributed by atoms with van der Waals surface area (Å²) >= 11 is 9.26. The molecule has 2 aromatic rings. The number of carbonyl (C=O) groups is 1. The van der Waals surface area contributed by atoms with Crippen LogP contribution in [0.4, 0.5) is 0 Å². The molecule has 104 valence electrons. The summed E-state index contributed by atoms with van der Waals surface area (Å²) in [6, 6.07) is 11.0. The van der Waals surface area contributed by atoms with Crippen molar-refractivity contribution in [2.75, 3.05) is 0 Å². The van der Waals surface area contributed by atoms with Crippen LogP contribution in [0.3, 0.4) is 0 Å². The van der Waals surface area contributed by atoms with Crippen LogP contribution >= 0.6 is 27.5 Å². The molecule has 1 aromatic heterocycles. The third-order valence-corrected chi connectivity index (χ3v) is 3.62. The summed E-state index contributed by atoms with van der Waals surface area (Å²) in [4.78, 5) is 16.2. The predicted octanol–water partition coefficient (Wildman–Crippen LogP) is 4.30. The molecule has 20 heavy (non-hydrogen) atoms. The number of benzene rings is 1. The van der Waals surface area contributed by atoms with Gasteiger partial charge in [0.1, 0.15) is 5.15 Å². The molecule has 3 nitrogen and oxygen atoms in total. The van der Waals surface area contributed by atoms with Gasteiger partial charge in [0, 0.05) is 15.7 Å². The number of hydrogen-bond donors (Lipinski definition) is 1. The normalized spacial score (nSPS) is 12.0. The summed E-state index contributed by atoms with van der Waals surface area (Å²) in [6.07, 6.45) is 0. The minimum Gasteiger partial charge on any atom is -0.346 e. The van der Waals surface area contributed by atoms with Crippen LogP contribution in [0.15, 0.2) is 40.9 Å². The molecule has 2 rings (SSSR count). The number of hydrogen-bond acceptors (Lipinski definition) is 2. The summed E-state index contributed by atoms with van der Waals surface area (Å²) in [6.45, 7) is 3.75. The molecule has 0 aliphatic rings. The minimum atomic E-state index is -0.159. The molecule has 0 aliphatic heterocycles. The lowest BCUT2D eigenvalue weighted by Gasteiger charge is -2.14. The smallest absolute Gasteiger partial charge is 0.251 e. The number of halogens is 2. The quantitative estimate of drug-likeness (QED) is 0.836. The molecule has 0 bridgehead atoms. The third-order valence-electron chi connectivity index (χ3n) is 2.90. The highest BCUT2D eigenvalue weighted by Gasteiger charge is 2.12. The maximum absolute atomic E-state index is 12.2. The highest BCUT2D eigenvalue weighted by molar-refractivity contribution is 9.10. The largest absolute Gasteiger partial charge is 0.346 e. The minimum absolute atomic E-state index is 0.0807. The molecule has 5 heteroatoms. The Labute approximate surface area is 131 Å². The molecule has 1 atom stereocenters. The van der Waals surface area contributed by atoms with Crippen LogP contribution in [-0.2, 0) is 0 Å². The van der Waals surface area contributed by atoms with Crippen LogP contribution in [0.25, 0.3) is 0 Å². The Morgan fingerprint density at radius 1 is 1.30 bits per heavy atom. The lowest BCUT2D eigenvalue weighted by molar-refractivity contribution is 0.0939. The number of pyridine rings is 1. The van der Waals surface area contributed by atoms with Gasteiger partial charge in [0.15, 0.2) is 0 Å². The lowest BCUT2D eigenvalue weighted by atomic mass is 10.1. The monoisotopic (exact) mass is 352 g/mol. The lowest BCUT2D eigenvalue weighted by Crippen LogP contribution is -2.26. The van der Waals surface area contributed by atoms with Gasteiger partial charge in [-0.2, -0.15) is 0 Å². The van der Waals surface area contributed by atoms with Gasteiger partial charge in [0.25, 0.3) is 5.91 Å². The summed E-state index contributed by atoms with van der Waals surface area (Å²) in [5.41, 5.74) is 2.28. The van der Waals surface area contributed by atoms with Crippen LogP contribution in [0.5, 0.6) is 0 Å². The molecule has 1 unspecified atom stereocenters. The summed E-state index contributed by atoms with van der Waals surface area (Å²) < 4.78 is 1.01. The van der Waals surface area contributed by atoms with Gasteiger partial charge in [-0.25, -0.2) is 4.98 Å². The Balaban J connectivity index is 2.12. The van der Waals surface area contributed by atoms with E-state index in [0.717, 1.165) is 15.7 Å². The molecule has 1 aromatic carbocycles. The van der Waals surface area contributed by atoms with Gasteiger partial charge >= 0.3 is 0 Å². The second kappa shape index (κ2) is 6.37. The molecule has 0 aliphatic carbocycles. The molecule has 0 spiro atoms. The first-order chi connectivity index (χ1) is 9.45. The molecule has 1 heterocycles. The average Bonchev–Trinajstić information content (AvgIpc) is 2.38. The van der Waals surface area contributed by atoms with Crippen molar-refractivity contribution in [3.63, 3.8) is 0 Å². The van der Waals surface area contributed by atoms with Crippen LogP contribution in [0.1, 0.15) is 34.6 Å². The van der Waals surface area contributed by atoms with Crippen molar-refractivity contribution in [3.8, 4) is 0 Å². The number of rotatable bonds is 3. The maximum atomic E-state index is 12.2. The number of aromatic nitrogens is 1. The molecule has 0 radical (unpaired) electrons. The Bertz CT molecular complexity index is 608. The highest BCUT2D eigenvalue weighted by Crippen LogP contribution is 2.17. The fourth-order valence-electron chi connectivity index (χ4n) is 1.87. The average molecular weight is 354 g/mol. The summed E-state index contributed by atoms with van der Waals surface area (Å²) in [5, 5.41) is 3.27. The first-order valence-corrected chi connectivity index (χ1v) is 7.33. The van der Waals surface area contributed by atoms with Gasteiger partial charge < -0.3 is 5.32 Å². The van der Waals surface area contributed by atoms with Crippen molar-refractivity contribution < 1.29 is 4.79 Å². The SMILES string of the molecule is Cc1cc(C(=O)NC(C)c2ccc(Br)cc2)cc(Cl)n1. The molecule has 1 amide bonds. The summed E-state index contributed by atoms with van der Waals surface area (Å²) in [7, 11) is 0. The number of carbonyl (C=O) groups excluding carboxylic acids is 1. The zero-order valence-electron chi connectivity index (χ0n) is 11.2. The van der Waals surface area contributed by atoms with E-state index in [0.29, 0.717) is 10.7 Å². The second-order valence-electron chi connectivity index (χ2n) is 4.57. The standard InChI is InChI=1S/C15H14BrClN2O/c1-9-7-12(8-14(17)18-9)15(20)19-10(2)11-3-5-13(16)6-4-11/h3-8,10H,1-2H3,(H,19,20). The maximum Gasteiger partial charge on any atom is 0.251 e. The fraction of sp³-hybridized carbons (Fsp3) is 0.200. The van der Waals surface area contributed by atoms with E-state index in [4.69, 9.17) is 11.6 Å². The van der Waals surface area contributed by atoms with E-state index >= 15 is 0 Å². The van der Waals surface area contributed by atoms with E-state index in [9.17, 15) is 4.79 Å². The number of aryl methyl sites for hydroxylation is 1. The van der Waals surface area contributed by atoms with Crippen molar-refractivity contribution >= 4 is 33.4 Å². The van der Waals surface area contributed by atoms with Crippen molar-refractivity contribution in [2.24, 2.45) is 0 Å². The van der Waals surface area contributed by atoms with Crippen molar-refractivity contribution in [1.29, 1.82) is 0 Å².